The van der Waals surface area contributed by atoms with Crippen LogP contribution in [0.4, 0.5) is 4.39 Å². The van der Waals surface area contributed by atoms with E-state index in [9.17, 15) is 9.18 Å². The summed E-state index contributed by atoms with van der Waals surface area (Å²) < 4.78 is 13.3. The molecule has 2 rings (SSSR count). The molecule has 1 saturated heterocycles. The fourth-order valence-electron chi connectivity index (χ4n) is 3.03. The summed E-state index contributed by atoms with van der Waals surface area (Å²) in [6.45, 7) is 7.04. The Morgan fingerprint density at radius 1 is 1.28 bits per heavy atom. The molecule has 0 radical (unpaired) electrons. The van der Waals surface area contributed by atoms with Crippen molar-refractivity contribution in [2.75, 3.05) is 32.7 Å². The van der Waals surface area contributed by atoms with Crippen molar-refractivity contribution >= 4 is 30.7 Å². The number of amides is 1. The van der Waals surface area contributed by atoms with E-state index >= 15 is 0 Å². The Bertz CT molecular complexity index is 505. The van der Waals surface area contributed by atoms with Crippen LogP contribution in [0.5, 0.6) is 0 Å². The number of halogens is 3. The van der Waals surface area contributed by atoms with E-state index in [2.05, 4.69) is 22.5 Å². The average Bonchev–Trinajstić information content (AvgIpc) is 2.55. The van der Waals surface area contributed by atoms with Crippen LogP contribution >= 0.6 is 24.8 Å². The number of piperidine rings is 1. The first-order valence-electron chi connectivity index (χ1n) is 8.64. The first-order valence-corrected chi connectivity index (χ1v) is 8.64. The Hall–Kier alpha value is -0.880. The number of likely N-dealkylation sites (tertiary alicyclic amines) is 1. The average molecular weight is 394 g/mol. The molecule has 0 bridgehead atoms. The number of nitrogens with one attached hydrogen (secondary N) is 2. The second-order valence-electron chi connectivity index (χ2n) is 6.25. The Kier molecular flexibility index (Phi) is 12.9. The molecular formula is C18H30Cl2FN3O. The topological polar surface area (TPSA) is 44.4 Å². The van der Waals surface area contributed by atoms with Gasteiger partial charge in [-0.1, -0.05) is 19.1 Å². The van der Waals surface area contributed by atoms with Gasteiger partial charge in [0.2, 0.25) is 5.91 Å². The zero-order valence-corrected chi connectivity index (χ0v) is 16.4. The predicted molar refractivity (Wildman–Crippen MR) is 105 cm³/mol. The molecule has 7 heteroatoms. The molecule has 0 saturated carbocycles. The minimum Gasteiger partial charge on any atom is -0.355 e. The quantitative estimate of drug-likeness (QED) is 0.667. The molecule has 1 heterocycles. The fourth-order valence-corrected chi connectivity index (χ4v) is 3.03. The van der Waals surface area contributed by atoms with Crippen molar-refractivity contribution in [3.05, 3.63) is 35.6 Å². The Morgan fingerprint density at radius 2 is 2.08 bits per heavy atom. The van der Waals surface area contributed by atoms with Crippen LogP contribution in [0.2, 0.25) is 0 Å². The molecular weight excluding hydrogens is 364 g/mol. The molecule has 1 aromatic rings. The maximum atomic E-state index is 13.3. The molecule has 0 spiro atoms. The van der Waals surface area contributed by atoms with Crippen LogP contribution in [-0.2, 0) is 11.3 Å². The van der Waals surface area contributed by atoms with E-state index in [1.165, 1.54) is 6.07 Å². The van der Waals surface area contributed by atoms with Gasteiger partial charge in [-0.3, -0.25) is 9.69 Å². The zero-order valence-electron chi connectivity index (χ0n) is 14.8. The fraction of sp³-hybridized carbons (Fsp3) is 0.611. The third-order valence-corrected chi connectivity index (χ3v) is 4.20. The number of carbonyl (C=O) groups is 1. The van der Waals surface area contributed by atoms with E-state index in [1.54, 1.807) is 12.1 Å². The first kappa shape index (κ1) is 24.1. The molecule has 4 nitrogen and oxygen atoms in total. The Morgan fingerprint density at radius 3 is 2.80 bits per heavy atom. The predicted octanol–water partition coefficient (Wildman–Crippen LogP) is 3.00. The highest BCUT2D eigenvalue weighted by atomic mass is 35.5. The normalized spacial score (nSPS) is 17.3. The van der Waals surface area contributed by atoms with Crippen LogP contribution in [0.15, 0.2) is 24.3 Å². The van der Waals surface area contributed by atoms with E-state index in [4.69, 9.17) is 0 Å². The molecule has 1 fully saturated rings. The molecule has 1 unspecified atom stereocenters. The monoisotopic (exact) mass is 393 g/mol. The standard InChI is InChI=1S/C18H28FN3O.2ClH/c1-2-8-20-9-10-21-18(23)16-6-4-11-22(14-16)13-15-5-3-7-17(19)12-15;;/h3,5,7,12,16,20H,2,4,6,8-11,13-14H2,1H3,(H,21,23);2*1H. The molecule has 0 aliphatic carbocycles. The summed E-state index contributed by atoms with van der Waals surface area (Å²) in [5.74, 6) is -0.0101. The lowest BCUT2D eigenvalue weighted by molar-refractivity contribution is -0.126. The minimum atomic E-state index is -0.201. The molecule has 1 aromatic carbocycles. The number of benzene rings is 1. The smallest absolute Gasteiger partial charge is 0.224 e. The second kappa shape index (κ2) is 13.3. The summed E-state index contributed by atoms with van der Waals surface area (Å²) in [7, 11) is 0. The Labute approximate surface area is 162 Å². The minimum absolute atomic E-state index is 0. The summed E-state index contributed by atoms with van der Waals surface area (Å²) in [6, 6.07) is 6.71. The molecule has 1 aliphatic heterocycles. The van der Waals surface area contributed by atoms with Gasteiger partial charge >= 0.3 is 0 Å². The van der Waals surface area contributed by atoms with E-state index in [0.29, 0.717) is 13.1 Å². The molecule has 0 aromatic heterocycles. The van der Waals surface area contributed by atoms with Crippen LogP contribution in [0.1, 0.15) is 31.7 Å². The summed E-state index contributed by atoms with van der Waals surface area (Å²) in [4.78, 5) is 14.5. The number of rotatable bonds is 8. The maximum Gasteiger partial charge on any atom is 0.224 e. The molecule has 1 atom stereocenters. The van der Waals surface area contributed by atoms with Crippen molar-refractivity contribution in [3.63, 3.8) is 0 Å². The van der Waals surface area contributed by atoms with Crippen molar-refractivity contribution in [1.82, 2.24) is 15.5 Å². The van der Waals surface area contributed by atoms with Crippen LogP contribution < -0.4 is 10.6 Å². The summed E-state index contributed by atoms with van der Waals surface area (Å²) in [6.07, 6.45) is 3.06. The van der Waals surface area contributed by atoms with Crippen LogP contribution in [0.25, 0.3) is 0 Å². The molecule has 2 N–H and O–H groups in total. The highest BCUT2D eigenvalue weighted by Gasteiger charge is 2.25. The van der Waals surface area contributed by atoms with Gasteiger partial charge in [-0.25, -0.2) is 4.39 Å². The van der Waals surface area contributed by atoms with Gasteiger partial charge in [0.15, 0.2) is 0 Å². The molecule has 144 valence electrons. The summed E-state index contributed by atoms with van der Waals surface area (Å²) in [5.41, 5.74) is 0.967. The first-order chi connectivity index (χ1) is 11.2. The highest BCUT2D eigenvalue weighted by Crippen LogP contribution is 2.19. The number of nitrogens with zero attached hydrogens (tertiary/aromatic N) is 1. The van der Waals surface area contributed by atoms with Crippen molar-refractivity contribution in [1.29, 1.82) is 0 Å². The lowest BCUT2D eigenvalue weighted by Crippen LogP contribution is -2.44. The van der Waals surface area contributed by atoms with Crippen molar-refractivity contribution < 1.29 is 9.18 Å². The van der Waals surface area contributed by atoms with Gasteiger partial charge in [-0.2, -0.15) is 0 Å². The SMILES string of the molecule is CCCNCCNC(=O)C1CCCN(Cc2cccc(F)c2)C1.Cl.Cl. The van der Waals surface area contributed by atoms with E-state index in [-0.39, 0.29) is 42.5 Å². The zero-order chi connectivity index (χ0) is 16.5. The van der Waals surface area contributed by atoms with Gasteiger partial charge in [-0.15, -0.1) is 24.8 Å². The lowest BCUT2D eigenvalue weighted by Gasteiger charge is -2.32. The third kappa shape index (κ3) is 8.86. The van der Waals surface area contributed by atoms with E-state index in [1.807, 2.05) is 6.07 Å². The van der Waals surface area contributed by atoms with Gasteiger partial charge in [0, 0.05) is 26.2 Å². The van der Waals surface area contributed by atoms with Crippen LogP contribution in [0, 0.1) is 11.7 Å². The lowest BCUT2D eigenvalue weighted by atomic mass is 9.96. The largest absolute Gasteiger partial charge is 0.355 e. The van der Waals surface area contributed by atoms with Crippen LogP contribution in [0.3, 0.4) is 0 Å². The van der Waals surface area contributed by atoms with E-state index in [0.717, 1.165) is 51.0 Å². The van der Waals surface area contributed by atoms with Crippen molar-refractivity contribution in [3.8, 4) is 0 Å². The van der Waals surface area contributed by atoms with Gasteiger partial charge < -0.3 is 10.6 Å². The Balaban J connectivity index is 0.00000288. The number of hydrogen-bond acceptors (Lipinski definition) is 3. The number of carbonyl (C=O) groups excluding carboxylic acids is 1. The second-order valence-corrected chi connectivity index (χ2v) is 6.25. The third-order valence-electron chi connectivity index (χ3n) is 4.20. The maximum absolute atomic E-state index is 13.3. The van der Waals surface area contributed by atoms with E-state index < -0.39 is 0 Å². The number of hydrogen-bond donors (Lipinski definition) is 2. The van der Waals surface area contributed by atoms with Gasteiger partial charge in [0.25, 0.3) is 0 Å². The summed E-state index contributed by atoms with van der Waals surface area (Å²) >= 11 is 0. The van der Waals surface area contributed by atoms with Gasteiger partial charge in [0.05, 0.1) is 5.92 Å². The van der Waals surface area contributed by atoms with Gasteiger partial charge in [0.1, 0.15) is 5.82 Å². The molecule has 25 heavy (non-hydrogen) atoms. The summed E-state index contributed by atoms with van der Waals surface area (Å²) in [5, 5.41) is 6.30. The molecule has 1 aliphatic rings. The van der Waals surface area contributed by atoms with Crippen molar-refractivity contribution in [2.24, 2.45) is 5.92 Å². The molecule has 1 amide bonds. The van der Waals surface area contributed by atoms with Gasteiger partial charge in [-0.05, 0) is 50.0 Å². The van der Waals surface area contributed by atoms with Crippen LogP contribution in [-0.4, -0.2) is 43.5 Å². The highest BCUT2D eigenvalue weighted by molar-refractivity contribution is 5.85. The van der Waals surface area contributed by atoms with Crippen molar-refractivity contribution in [2.45, 2.75) is 32.7 Å².